The number of ether oxygens (including phenoxy) is 1. The first-order valence-electron chi connectivity index (χ1n) is 10.9. The highest BCUT2D eigenvalue weighted by molar-refractivity contribution is 5.94. The summed E-state index contributed by atoms with van der Waals surface area (Å²) < 4.78 is 37.2. The maximum Gasteiger partial charge on any atom is 0.490 e. The van der Waals surface area contributed by atoms with E-state index >= 15 is 0 Å². The number of aromatic nitrogens is 2. The highest BCUT2D eigenvalue weighted by atomic mass is 19.4. The van der Waals surface area contributed by atoms with Gasteiger partial charge in [0.25, 0.3) is 0 Å². The topological polar surface area (TPSA) is 128 Å². The van der Waals surface area contributed by atoms with E-state index in [4.69, 9.17) is 24.6 Å². The van der Waals surface area contributed by atoms with Gasteiger partial charge >= 0.3 is 18.2 Å². The van der Waals surface area contributed by atoms with Gasteiger partial charge in [0.05, 0.1) is 18.9 Å². The molecule has 0 spiro atoms. The minimum atomic E-state index is -5.08. The van der Waals surface area contributed by atoms with Gasteiger partial charge in [-0.3, -0.25) is 4.90 Å². The Hall–Kier alpha value is -3.61. The van der Waals surface area contributed by atoms with Crippen molar-refractivity contribution in [3.8, 4) is 17.0 Å². The summed E-state index contributed by atoms with van der Waals surface area (Å²) in [6.45, 7) is 7.09. The summed E-state index contributed by atoms with van der Waals surface area (Å²) in [4.78, 5) is 34.9. The van der Waals surface area contributed by atoms with Crippen LogP contribution in [0.4, 0.5) is 29.7 Å². The van der Waals surface area contributed by atoms with Gasteiger partial charge in [0.15, 0.2) is 0 Å². The number of anilines is 2. The number of alkyl halides is 3. The van der Waals surface area contributed by atoms with Crippen molar-refractivity contribution in [3.05, 3.63) is 29.8 Å². The van der Waals surface area contributed by atoms with E-state index < -0.39 is 12.1 Å². The van der Waals surface area contributed by atoms with Crippen LogP contribution >= 0.6 is 0 Å². The number of carboxylic acids is 1. The number of aliphatic carboxylic acids is 1. The molecule has 1 saturated heterocycles. The Labute approximate surface area is 199 Å². The number of fused-ring (bicyclic) bond motifs is 1. The fraction of sp³-hybridized carbons (Fsp3) is 0.455. The molecule has 13 heteroatoms. The molecule has 0 bridgehead atoms. The number of amides is 2. The van der Waals surface area contributed by atoms with Crippen LogP contribution in [0.3, 0.4) is 0 Å². The molecular weight excluding hydrogens is 471 g/mol. The Balaban J connectivity index is 0.000000429. The van der Waals surface area contributed by atoms with Crippen LogP contribution in [0.5, 0.6) is 5.75 Å². The summed E-state index contributed by atoms with van der Waals surface area (Å²) in [5, 5.41) is 20.0. The lowest BCUT2D eigenvalue weighted by atomic mass is 10.1. The smallest absolute Gasteiger partial charge is 0.490 e. The maximum absolute atomic E-state index is 12.7. The number of phenolic OH excluding ortho intramolecular Hbond substituents is 1. The van der Waals surface area contributed by atoms with Gasteiger partial charge in [0, 0.05) is 36.8 Å². The molecule has 2 aliphatic heterocycles. The van der Waals surface area contributed by atoms with Crippen molar-refractivity contribution >= 4 is 23.8 Å². The van der Waals surface area contributed by atoms with E-state index in [2.05, 4.69) is 10.2 Å². The number of nitrogens with one attached hydrogen (secondary N) is 1. The second-order valence-electron chi connectivity index (χ2n) is 8.13. The molecule has 2 aromatic rings. The first-order valence-corrected chi connectivity index (χ1v) is 10.9. The standard InChI is InChI=1S/C20H25N5O3.C2HF3O2/c1-13(2)21-20(27)25-7-6-16-17(14-4-3-5-15(26)12-14)22-19(23-18(16)25)24-8-10-28-11-9-24;3-2(4,5)1(6)7/h3-5,12-13,26H,6-11H2,1-2H3,(H,21,27);(H,6,7). The zero-order valence-electron chi connectivity index (χ0n) is 19.2. The van der Waals surface area contributed by atoms with Gasteiger partial charge in [-0.2, -0.15) is 18.2 Å². The number of carbonyl (C=O) groups excluding carboxylic acids is 1. The third kappa shape index (κ3) is 6.50. The SMILES string of the molecule is CC(C)NC(=O)N1CCc2c(-c3cccc(O)c3)nc(N3CCOCC3)nc21.O=C(O)C(F)(F)F. The lowest BCUT2D eigenvalue weighted by molar-refractivity contribution is -0.192. The molecule has 35 heavy (non-hydrogen) atoms. The van der Waals surface area contributed by atoms with Crippen LogP contribution in [0.2, 0.25) is 0 Å². The molecule has 2 aliphatic rings. The van der Waals surface area contributed by atoms with Crippen LogP contribution in [0.25, 0.3) is 11.3 Å². The van der Waals surface area contributed by atoms with Gasteiger partial charge in [0.1, 0.15) is 11.6 Å². The number of phenols is 1. The Bertz CT molecular complexity index is 1070. The van der Waals surface area contributed by atoms with E-state index in [1.807, 2.05) is 19.9 Å². The third-order valence-electron chi connectivity index (χ3n) is 5.13. The first kappa shape index (κ1) is 26.0. The minimum absolute atomic E-state index is 0.0441. The van der Waals surface area contributed by atoms with Crippen LogP contribution < -0.4 is 15.1 Å². The fourth-order valence-corrected chi connectivity index (χ4v) is 3.56. The third-order valence-corrected chi connectivity index (χ3v) is 5.13. The van der Waals surface area contributed by atoms with E-state index in [-0.39, 0.29) is 17.8 Å². The van der Waals surface area contributed by atoms with Crippen molar-refractivity contribution in [1.82, 2.24) is 15.3 Å². The minimum Gasteiger partial charge on any atom is -0.508 e. The zero-order valence-corrected chi connectivity index (χ0v) is 19.2. The molecule has 4 rings (SSSR count). The number of aromatic hydroxyl groups is 1. The van der Waals surface area contributed by atoms with Crippen molar-refractivity contribution in [2.75, 3.05) is 42.6 Å². The zero-order chi connectivity index (χ0) is 25.8. The van der Waals surface area contributed by atoms with Gasteiger partial charge in [0.2, 0.25) is 5.95 Å². The van der Waals surface area contributed by atoms with Crippen molar-refractivity contribution in [2.24, 2.45) is 0 Å². The average Bonchev–Trinajstić information content (AvgIpc) is 3.22. The number of morpholine rings is 1. The van der Waals surface area contributed by atoms with E-state index in [9.17, 15) is 23.1 Å². The number of carbonyl (C=O) groups is 2. The molecule has 10 nitrogen and oxygen atoms in total. The monoisotopic (exact) mass is 497 g/mol. The highest BCUT2D eigenvalue weighted by Crippen LogP contribution is 2.36. The van der Waals surface area contributed by atoms with Gasteiger partial charge < -0.3 is 25.2 Å². The van der Waals surface area contributed by atoms with Crippen molar-refractivity contribution < 1.29 is 37.7 Å². The highest BCUT2D eigenvalue weighted by Gasteiger charge is 2.38. The second-order valence-corrected chi connectivity index (χ2v) is 8.13. The van der Waals surface area contributed by atoms with Crippen LogP contribution in [0.15, 0.2) is 24.3 Å². The first-order chi connectivity index (χ1) is 16.5. The molecule has 1 fully saturated rings. The normalized spacial score (nSPS) is 15.4. The van der Waals surface area contributed by atoms with E-state index in [1.54, 1.807) is 23.1 Å². The van der Waals surface area contributed by atoms with Crippen LogP contribution in [-0.4, -0.2) is 77.2 Å². The number of hydrogen-bond donors (Lipinski definition) is 3. The molecule has 3 heterocycles. The molecule has 190 valence electrons. The lowest BCUT2D eigenvalue weighted by Crippen LogP contribution is -2.43. The fourth-order valence-electron chi connectivity index (χ4n) is 3.56. The summed E-state index contributed by atoms with van der Waals surface area (Å²) in [5.41, 5.74) is 2.52. The van der Waals surface area contributed by atoms with E-state index in [0.717, 1.165) is 16.8 Å². The predicted molar refractivity (Wildman–Crippen MR) is 121 cm³/mol. The maximum atomic E-state index is 12.7. The summed E-state index contributed by atoms with van der Waals surface area (Å²) in [7, 11) is 0. The van der Waals surface area contributed by atoms with Crippen molar-refractivity contribution in [3.63, 3.8) is 0 Å². The summed E-state index contributed by atoms with van der Waals surface area (Å²) in [6, 6.07) is 6.94. The van der Waals surface area contributed by atoms with E-state index in [0.29, 0.717) is 51.0 Å². The number of halogens is 3. The van der Waals surface area contributed by atoms with Gasteiger partial charge in [-0.15, -0.1) is 0 Å². The molecule has 0 unspecified atom stereocenters. The Morgan fingerprint density at radius 2 is 1.80 bits per heavy atom. The molecule has 1 aromatic heterocycles. The number of hydrogen-bond acceptors (Lipinski definition) is 7. The predicted octanol–water partition coefficient (Wildman–Crippen LogP) is 2.80. The molecule has 3 N–H and O–H groups in total. The Morgan fingerprint density at radius 1 is 1.14 bits per heavy atom. The molecule has 0 saturated carbocycles. The summed E-state index contributed by atoms with van der Waals surface area (Å²) >= 11 is 0. The van der Waals surface area contributed by atoms with Crippen molar-refractivity contribution in [1.29, 1.82) is 0 Å². The number of carboxylic acid groups (broad SMARTS) is 1. The quantitative estimate of drug-likeness (QED) is 0.591. The molecule has 0 radical (unpaired) electrons. The van der Waals surface area contributed by atoms with Gasteiger partial charge in [-0.05, 0) is 32.4 Å². The van der Waals surface area contributed by atoms with Crippen LogP contribution in [0, 0.1) is 0 Å². The largest absolute Gasteiger partial charge is 0.508 e. The molecule has 0 atom stereocenters. The molecule has 2 amide bonds. The number of nitrogens with zero attached hydrogens (tertiary/aromatic N) is 4. The molecular formula is C22H26F3N5O5. The molecule has 0 aliphatic carbocycles. The number of benzene rings is 1. The summed E-state index contributed by atoms with van der Waals surface area (Å²) in [5.74, 6) is -1.34. The Morgan fingerprint density at radius 3 is 2.37 bits per heavy atom. The number of rotatable bonds is 3. The second kappa shape index (κ2) is 10.8. The van der Waals surface area contributed by atoms with Crippen molar-refractivity contribution in [2.45, 2.75) is 32.5 Å². The lowest BCUT2D eigenvalue weighted by Gasteiger charge is -2.28. The average molecular weight is 497 g/mol. The number of urea groups is 1. The van der Waals surface area contributed by atoms with Gasteiger partial charge in [-0.1, -0.05) is 12.1 Å². The Kier molecular flexibility index (Phi) is 7.99. The molecule has 1 aromatic carbocycles. The van der Waals surface area contributed by atoms with Crippen LogP contribution in [-0.2, 0) is 16.0 Å². The van der Waals surface area contributed by atoms with Gasteiger partial charge in [-0.25, -0.2) is 14.6 Å². The van der Waals surface area contributed by atoms with E-state index in [1.165, 1.54) is 0 Å². The van der Waals surface area contributed by atoms with Crippen LogP contribution in [0.1, 0.15) is 19.4 Å². The summed E-state index contributed by atoms with van der Waals surface area (Å²) in [6.07, 6.45) is -4.41.